The quantitative estimate of drug-likeness (QED) is 0.701. The minimum Gasteiger partial charge on any atom is -0.448 e. The van der Waals surface area contributed by atoms with Crippen molar-refractivity contribution in [1.29, 1.82) is 0 Å². The second kappa shape index (κ2) is 7.53. The molecule has 1 atom stereocenters. The molecule has 0 saturated carbocycles. The second-order valence-electron chi connectivity index (χ2n) is 6.38. The van der Waals surface area contributed by atoms with Crippen molar-refractivity contribution in [2.45, 2.75) is 25.7 Å². The average Bonchev–Trinajstić information content (AvgIpc) is 3.15. The summed E-state index contributed by atoms with van der Waals surface area (Å²) in [5.41, 5.74) is 1.08. The number of ether oxygens (including phenoxy) is 1. The van der Waals surface area contributed by atoms with Crippen molar-refractivity contribution in [2.24, 2.45) is 0 Å². The summed E-state index contributed by atoms with van der Waals surface area (Å²) in [6.07, 6.45) is 9.73. The molecule has 4 rings (SSSR count). The van der Waals surface area contributed by atoms with Crippen LogP contribution in [0.5, 0.6) is 11.6 Å². The number of nitrogens with zero attached hydrogens (tertiary/aromatic N) is 5. The van der Waals surface area contributed by atoms with Gasteiger partial charge < -0.3 is 14.1 Å². The molecule has 0 aliphatic carbocycles. The van der Waals surface area contributed by atoms with E-state index in [0.29, 0.717) is 36.3 Å². The highest BCUT2D eigenvalue weighted by atomic mass is 16.5. The molecule has 0 bridgehead atoms. The molecule has 3 aromatic heterocycles. The van der Waals surface area contributed by atoms with Crippen molar-refractivity contribution in [3.8, 4) is 11.6 Å². The third-order valence-electron chi connectivity index (χ3n) is 4.47. The number of hydrogen-bond donors (Lipinski definition) is 0. The Morgan fingerprint density at radius 1 is 1.30 bits per heavy atom. The van der Waals surface area contributed by atoms with E-state index in [2.05, 4.69) is 19.9 Å². The van der Waals surface area contributed by atoms with Crippen LogP contribution in [0.4, 0.5) is 0 Å². The van der Waals surface area contributed by atoms with Crippen molar-refractivity contribution >= 4 is 5.91 Å². The molecule has 1 unspecified atom stereocenters. The summed E-state index contributed by atoms with van der Waals surface area (Å²) in [7, 11) is 0. The van der Waals surface area contributed by atoms with Gasteiger partial charge in [-0.05, 0) is 25.0 Å². The minimum atomic E-state index is -0.129. The van der Waals surface area contributed by atoms with Crippen molar-refractivity contribution < 1.29 is 13.9 Å². The molecule has 0 radical (unpaired) electrons. The highest BCUT2D eigenvalue weighted by Crippen LogP contribution is 2.32. The van der Waals surface area contributed by atoms with Gasteiger partial charge in [0.15, 0.2) is 11.6 Å². The summed E-state index contributed by atoms with van der Waals surface area (Å²) in [5.74, 6) is 1.43. The van der Waals surface area contributed by atoms with Gasteiger partial charge in [-0.15, -0.1) is 0 Å². The van der Waals surface area contributed by atoms with E-state index in [1.807, 2.05) is 6.07 Å². The number of piperidine rings is 1. The van der Waals surface area contributed by atoms with Gasteiger partial charge in [-0.2, -0.15) is 0 Å². The SMILES string of the molecule is Cc1nc(C(=O)N2CCCC(c3nccnc3Oc3cccnc3)C2)co1. The molecule has 0 N–H and O–H groups in total. The molecule has 27 heavy (non-hydrogen) atoms. The molecular formula is C19H19N5O3. The van der Waals surface area contributed by atoms with E-state index in [1.165, 1.54) is 6.26 Å². The zero-order valence-corrected chi connectivity index (χ0v) is 14.9. The van der Waals surface area contributed by atoms with E-state index in [1.54, 1.807) is 42.7 Å². The predicted molar refractivity (Wildman–Crippen MR) is 95.5 cm³/mol. The topological polar surface area (TPSA) is 94.2 Å². The summed E-state index contributed by atoms with van der Waals surface area (Å²) in [4.78, 5) is 31.5. The third-order valence-corrected chi connectivity index (χ3v) is 4.47. The molecule has 0 spiro atoms. The molecule has 138 valence electrons. The zero-order chi connectivity index (χ0) is 18.6. The summed E-state index contributed by atoms with van der Waals surface area (Å²) in [6, 6.07) is 3.61. The molecule has 1 saturated heterocycles. The van der Waals surface area contributed by atoms with Gasteiger partial charge in [-0.1, -0.05) is 0 Å². The van der Waals surface area contributed by atoms with Gasteiger partial charge in [0.2, 0.25) is 5.88 Å². The second-order valence-corrected chi connectivity index (χ2v) is 6.38. The van der Waals surface area contributed by atoms with Gasteiger partial charge in [-0.25, -0.2) is 9.97 Å². The monoisotopic (exact) mass is 365 g/mol. The van der Waals surface area contributed by atoms with Crippen LogP contribution in [0.1, 0.15) is 40.8 Å². The van der Waals surface area contributed by atoms with Crippen LogP contribution in [-0.2, 0) is 0 Å². The molecule has 4 heterocycles. The number of aromatic nitrogens is 4. The number of likely N-dealkylation sites (tertiary alicyclic amines) is 1. The van der Waals surface area contributed by atoms with E-state index in [4.69, 9.17) is 9.15 Å². The van der Waals surface area contributed by atoms with Crippen LogP contribution in [-0.4, -0.2) is 43.8 Å². The Morgan fingerprint density at radius 2 is 2.19 bits per heavy atom. The van der Waals surface area contributed by atoms with E-state index in [-0.39, 0.29) is 11.8 Å². The van der Waals surface area contributed by atoms with Crippen LogP contribution in [0.2, 0.25) is 0 Å². The molecule has 3 aromatic rings. The lowest BCUT2D eigenvalue weighted by Gasteiger charge is -2.32. The Hall–Kier alpha value is -3.29. The fourth-order valence-electron chi connectivity index (χ4n) is 3.22. The molecule has 1 fully saturated rings. The first-order valence-corrected chi connectivity index (χ1v) is 8.81. The number of oxazole rings is 1. The van der Waals surface area contributed by atoms with Gasteiger partial charge >= 0.3 is 0 Å². The Balaban J connectivity index is 1.54. The molecule has 1 amide bonds. The number of pyridine rings is 1. The smallest absolute Gasteiger partial charge is 0.275 e. The number of rotatable bonds is 4. The van der Waals surface area contributed by atoms with Gasteiger partial charge in [0.05, 0.1) is 6.20 Å². The largest absolute Gasteiger partial charge is 0.448 e. The van der Waals surface area contributed by atoms with Crippen molar-refractivity contribution in [3.63, 3.8) is 0 Å². The summed E-state index contributed by atoms with van der Waals surface area (Å²) >= 11 is 0. The molecular weight excluding hydrogens is 346 g/mol. The standard InChI is InChI=1S/C19H19N5O3/c1-13-23-16(12-26-13)19(25)24-9-3-4-14(11-24)17-18(22-8-7-21-17)27-15-5-2-6-20-10-15/h2,5-8,10,12,14H,3-4,9,11H2,1H3. The summed E-state index contributed by atoms with van der Waals surface area (Å²) < 4.78 is 11.0. The van der Waals surface area contributed by atoms with E-state index < -0.39 is 0 Å². The first kappa shape index (κ1) is 17.1. The van der Waals surface area contributed by atoms with E-state index in [9.17, 15) is 4.79 Å². The maximum atomic E-state index is 12.7. The normalized spacial score (nSPS) is 16.9. The van der Waals surface area contributed by atoms with Crippen LogP contribution < -0.4 is 4.74 Å². The first-order valence-electron chi connectivity index (χ1n) is 8.81. The van der Waals surface area contributed by atoms with Crippen LogP contribution in [0.25, 0.3) is 0 Å². The summed E-state index contributed by atoms with van der Waals surface area (Å²) in [5, 5.41) is 0. The van der Waals surface area contributed by atoms with Crippen LogP contribution in [0.3, 0.4) is 0 Å². The Labute approximate surface area is 156 Å². The minimum absolute atomic E-state index is 0.0380. The number of aryl methyl sites for hydroxylation is 1. The Bertz CT molecular complexity index is 928. The number of carbonyl (C=O) groups is 1. The maximum absolute atomic E-state index is 12.7. The van der Waals surface area contributed by atoms with Crippen LogP contribution in [0.15, 0.2) is 47.6 Å². The fraction of sp³-hybridized carbons (Fsp3) is 0.316. The predicted octanol–water partition coefficient (Wildman–Crippen LogP) is 2.98. The number of hydrogen-bond acceptors (Lipinski definition) is 7. The number of carbonyl (C=O) groups excluding carboxylic acids is 1. The maximum Gasteiger partial charge on any atom is 0.275 e. The van der Waals surface area contributed by atoms with Crippen molar-refractivity contribution in [2.75, 3.05) is 13.1 Å². The van der Waals surface area contributed by atoms with Crippen LogP contribution >= 0.6 is 0 Å². The zero-order valence-electron chi connectivity index (χ0n) is 14.9. The molecule has 1 aliphatic rings. The first-order chi connectivity index (χ1) is 13.2. The van der Waals surface area contributed by atoms with Crippen LogP contribution in [0, 0.1) is 6.92 Å². The summed E-state index contributed by atoms with van der Waals surface area (Å²) in [6.45, 7) is 2.94. The average molecular weight is 365 g/mol. The van der Waals surface area contributed by atoms with Gasteiger partial charge in [0, 0.05) is 44.5 Å². The number of amides is 1. The van der Waals surface area contributed by atoms with Crippen molar-refractivity contribution in [3.05, 3.63) is 60.5 Å². The lowest BCUT2D eigenvalue weighted by atomic mass is 9.94. The van der Waals surface area contributed by atoms with Gasteiger partial charge in [-0.3, -0.25) is 14.8 Å². The van der Waals surface area contributed by atoms with Gasteiger partial charge in [0.1, 0.15) is 17.7 Å². The van der Waals surface area contributed by atoms with E-state index in [0.717, 1.165) is 18.5 Å². The molecule has 8 nitrogen and oxygen atoms in total. The van der Waals surface area contributed by atoms with E-state index >= 15 is 0 Å². The molecule has 8 heteroatoms. The fourth-order valence-corrected chi connectivity index (χ4v) is 3.22. The highest BCUT2D eigenvalue weighted by Gasteiger charge is 2.30. The molecule has 1 aliphatic heterocycles. The lowest BCUT2D eigenvalue weighted by molar-refractivity contribution is 0.0698. The Morgan fingerprint density at radius 3 is 2.96 bits per heavy atom. The molecule has 0 aromatic carbocycles. The third kappa shape index (κ3) is 3.79. The van der Waals surface area contributed by atoms with Gasteiger partial charge in [0.25, 0.3) is 5.91 Å². The highest BCUT2D eigenvalue weighted by molar-refractivity contribution is 5.92. The Kier molecular flexibility index (Phi) is 4.78. The lowest BCUT2D eigenvalue weighted by Crippen LogP contribution is -2.39. The van der Waals surface area contributed by atoms with Crippen molar-refractivity contribution in [1.82, 2.24) is 24.8 Å².